The van der Waals surface area contributed by atoms with Crippen molar-refractivity contribution >= 4 is 30.5 Å². The molecule has 8 heteroatoms. The van der Waals surface area contributed by atoms with Crippen molar-refractivity contribution in [2.24, 2.45) is 0 Å². The highest BCUT2D eigenvalue weighted by Crippen LogP contribution is 2.45. The lowest BCUT2D eigenvalue weighted by atomic mass is 10.0. The molecule has 0 spiro atoms. The van der Waals surface area contributed by atoms with Crippen LogP contribution in [0.5, 0.6) is 5.75 Å². The summed E-state index contributed by atoms with van der Waals surface area (Å²) in [6.45, 7) is 0.409. The van der Waals surface area contributed by atoms with Crippen LogP contribution in [0.1, 0.15) is 18.0 Å². The zero-order valence-electron chi connectivity index (χ0n) is 17.0. The highest BCUT2D eigenvalue weighted by atomic mass is 35.5. The van der Waals surface area contributed by atoms with Crippen LogP contribution in [-0.2, 0) is 13.2 Å². The summed E-state index contributed by atoms with van der Waals surface area (Å²) in [7, 11) is -0.443. The molecule has 3 aromatic carbocycles. The van der Waals surface area contributed by atoms with Crippen LogP contribution in [0.3, 0.4) is 0 Å². The van der Waals surface area contributed by atoms with Crippen LogP contribution in [0.25, 0.3) is 10.8 Å². The predicted octanol–water partition coefficient (Wildman–Crippen LogP) is 5.67. The number of halogens is 1. The Labute approximate surface area is 181 Å². The van der Waals surface area contributed by atoms with E-state index in [0.717, 1.165) is 22.1 Å². The summed E-state index contributed by atoms with van der Waals surface area (Å²) in [5.41, 5.74) is 1.08. The minimum Gasteiger partial charge on any atom is -0.493 e. The zero-order chi connectivity index (χ0) is 21.6. The number of phosphoric ester groups is 1. The highest BCUT2D eigenvalue weighted by molar-refractivity contribution is 7.48. The van der Waals surface area contributed by atoms with E-state index < -0.39 is 7.82 Å². The Morgan fingerprint density at radius 2 is 1.67 bits per heavy atom. The lowest BCUT2D eigenvalue weighted by Crippen LogP contribution is -2.45. The van der Waals surface area contributed by atoms with Crippen LogP contribution in [0.15, 0.2) is 72.8 Å². The monoisotopic (exact) mass is 450 g/mol. The first-order valence-corrected chi connectivity index (χ1v) is 11.4. The van der Waals surface area contributed by atoms with Crippen molar-refractivity contribution < 1.29 is 27.3 Å². The molecule has 0 saturated carbocycles. The highest BCUT2D eigenvalue weighted by Gasteiger charge is 2.34. The molecule has 0 aliphatic rings. The molecule has 0 fully saturated rings. The average molecular weight is 451 g/mol. The minimum absolute atomic E-state index is 0.0449. The fourth-order valence-electron chi connectivity index (χ4n) is 3.53. The van der Waals surface area contributed by atoms with Gasteiger partial charge in [0.2, 0.25) is 0 Å². The van der Waals surface area contributed by atoms with Crippen LogP contribution < -0.4 is 4.74 Å². The van der Waals surface area contributed by atoms with E-state index in [9.17, 15) is 9.46 Å². The smallest absolute Gasteiger partial charge is 0.493 e. The van der Waals surface area contributed by atoms with Crippen LogP contribution in [0.4, 0.5) is 0 Å². The number of hydrogen-bond acceptors (Lipinski definition) is 4. The van der Waals surface area contributed by atoms with Crippen molar-refractivity contribution in [3.63, 3.8) is 0 Å². The van der Waals surface area contributed by atoms with Gasteiger partial charge in [0.25, 0.3) is 0 Å². The van der Waals surface area contributed by atoms with E-state index in [2.05, 4.69) is 16.2 Å². The Morgan fingerprint density at radius 1 is 1.00 bits per heavy atom. The number of phosphoric acid groups is 1. The van der Waals surface area contributed by atoms with E-state index >= 15 is 0 Å². The van der Waals surface area contributed by atoms with Crippen molar-refractivity contribution in [1.29, 1.82) is 0 Å². The summed E-state index contributed by atoms with van der Waals surface area (Å²) in [6, 6.07) is 24.0. The molecule has 1 N–H and O–H groups in total. The first-order valence-electron chi connectivity index (χ1n) is 9.58. The van der Waals surface area contributed by atoms with Gasteiger partial charge in [-0.25, -0.2) is 9.09 Å². The van der Waals surface area contributed by atoms with Crippen molar-refractivity contribution in [1.82, 2.24) is 0 Å². The second-order valence-corrected chi connectivity index (χ2v) is 9.36. The van der Waals surface area contributed by atoms with Crippen LogP contribution in [-0.4, -0.2) is 36.8 Å². The van der Waals surface area contributed by atoms with Gasteiger partial charge >= 0.3 is 7.82 Å². The van der Waals surface area contributed by atoms with Crippen molar-refractivity contribution in [2.45, 2.75) is 12.5 Å². The largest absolute Gasteiger partial charge is 0.493 e. The number of hydrogen-bond donors (Lipinski definition) is 1. The van der Waals surface area contributed by atoms with Gasteiger partial charge in [-0.2, -0.15) is 4.08 Å². The molecule has 0 aromatic heterocycles. The van der Waals surface area contributed by atoms with Crippen molar-refractivity contribution in [2.75, 3.05) is 27.4 Å². The molecule has 1 unspecified atom stereocenters. The molecule has 6 nitrogen and oxygen atoms in total. The number of ether oxygens (including phenoxy) is 1. The Morgan fingerprint density at radius 3 is 2.40 bits per heavy atom. The number of rotatable bonds is 10. The Balaban J connectivity index is 1.75. The molecule has 160 valence electrons. The Hall–Kier alpha value is -1.92. The second-order valence-electron chi connectivity index (χ2n) is 7.62. The van der Waals surface area contributed by atoms with Gasteiger partial charge < -0.3 is 9.63 Å². The molecule has 0 bridgehead atoms. The van der Waals surface area contributed by atoms with Gasteiger partial charge in [-0.1, -0.05) is 66.7 Å². The quantitative estimate of drug-likeness (QED) is 0.245. The molecular formula is C22H26ClNO5P+. The summed E-state index contributed by atoms with van der Waals surface area (Å²) in [5.74, 6) is 0.830. The molecule has 30 heavy (non-hydrogen) atoms. The Kier molecular flexibility index (Phi) is 7.53. The maximum atomic E-state index is 11.7. The van der Waals surface area contributed by atoms with Gasteiger partial charge in [-0.05, 0) is 11.5 Å². The molecule has 0 aliphatic carbocycles. The van der Waals surface area contributed by atoms with Crippen LogP contribution >= 0.6 is 19.7 Å². The summed E-state index contributed by atoms with van der Waals surface area (Å²) < 4.78 is 27.2. The average Bonchev–Trinajstić information content (AvgIpc) is 2.76. The number of quaternary nitrogens is 1. The summed E-state index contributed by atoms with van der Waals surface area (Å²) in [4.78, 5) is 9.51. The fraction of sp³-hybridized carbons (Fsp3) is 0.273. The van der Waals surface area contributed by atoms with E-state index in [1.165, 1.54) is 0 Å². The maximum absolute atomic E-state index is 11.7. The standard InChI is InChI=1S/C22H25ClNO5P/c1-24(2,17-28-30(25,26)29-23)21(19-10-4-3-5-11-19)15-16-27-22-14-8-12-18-9-6-7-13-20(18)22/h3-14,21H,15-17H2,1-2H3/p+1/t21-/m0/s1. The fourth-order valence-corrected chi connectivity index (χ4v) is 4.13. The molecule has 0 aliphatic heterocycles. The van der Waals surface area contributed by atoms with Crippen molar-refractivity contribution in [3.8, 4) is 5.75 Å². The van der Waals surface area contributed by atoms with Gasteiger partial charge in [0.05, 0.1) is 32.6 Å². The molecule has 0 radical (unpaired) electrons. The number of nitrogens with zero attached hydrogens (tertiary/aromatic N) is 1. The van der Waals surface area contributed by atoms with Gasteiger partial charge in [0.1, 0.15) is 11.8 Å². The summed E-state index contributed by atoms with van der Waals surface area (Å²) >= 11 is 5.05. The van der Waals surface area contributed by atoms with Crippen LogP contribution in [0, 0.1) is 0 Å². The first kappa shape index (κ1) is 22.8. The maximum Gasteiger partial charge on any atom is 0.493 e. The minimum atomic E-state index is -4.28. The summed E-state index contributed by atoms with van der Waals surface area (Å²) in [5, 5.41) is 2.19. The third kappa shape index (κ3) is 5.82. The third-order valence-electron chi connectivity index (χ3n) is 5.07. The molecule has 3 aromatic rings. The molecule has 0 saturated heterocycles. The zero-order valence-corrected chi connectivity index (χ0v) is 18.6. The lowest BCUT2D eigenvalue weighted by molar-refractivity contribution is -0.936. The van der Waals surface area contributed by atoms with E-state index in [0.29, 0.717) is 13.0 Å². The normalized spacial score (nSPS) is 14.9. The van der Waals surface area contributed by atoms with E-state index in [-0.39, 0.29) is 17.3 Å². The van der Waals surface area contributed by atoms with Crippen LogP contribution in [0.2, 0.25) is 0 Å². The van der Waals surface area contributed by atoms with E-state index in [1.54, 1.807) is 0 Å². The number of fused-ring (bicyclic) bond motifs is 1. The van der Waals surface area contributed by atoms with E-state index in [4.69, 9.17) is 21.1 Å². The van der Waals surface area contributed by atoms with Gasteiger partial charge in [-0.15, -0.1) is 0 Å². The van der Waals surface area contributed by atoms with Gasteiger partial charge in [0.15, 0.2) is 6.73 Å². The molecule has 2 atom stereocenters. The predicted molar refractivity (Wildman–Crippen MR) is 118 cm³/mol. The van der Waals surface area contributed by atoms with E-state index in [1.807, 2.05) is 74.8 Å². The molecule has 3 rings (SSSR count). The molecular weight excluding hydrogens is 425 g/mol. The number of benzene rings is 3. The van der Waals surface area contributed by atoms with Gasteiger partial charge in [0, 0.05) is 17.4 Å². The molecule has 0 amide bonds. The summed E-state index contributed by atoms with van der Waals surface area (Å²) in [6.07, 6.45) is 0.668. The van der Waals surface area contributed by atoms with Crippen molar-refractivity contribution in [3.05, 3.63) is 78.4 Å². The Bertz CT molecular complexity index is 1010. The third-order valence-corrected chi connectivity index (χ3v) is 6.21. The lowest BCUT2D eigenvalue weighted by Gasteiger charge is -2.37. The second kappa shape index (κ2) is 9.92. The van der Waals surface area contributed by atoms with Gasteiger partial charge in [-0.3, -0.25) is 4.48 Å². The first-order chi connectivity index (χ1) is 14.3. The topological polar surface area (TPSA) is 65.0 Å². The SMILES string of the molecule is C[N+](C)(COP(=O)(O)OCl)[C@@H](CCOc1cccc2ccccc12)c1ccccc1. The molecule has 0 heterocycles.